The number of amides is 2. The highest BCUT2D eigenvalue weighted by Gasteiger charge is 2.31. The second-order valence-corrected chi connectivity index (χ2v) is 19.0. The van der Waals surface area contributed by atoms with E-state index in [1.807, 2.05) is 137 Å². The summed E-state index contributed by atoms with van der Waals surface area (Å²) in [4.78, 5) is 62.3. The molecule has 18 heteroatoms. The number of aryl methyl sites for hydroxylation is 2. The van der Waals surface area contributed by atoms with Crippen LogP contribution in [0.5, 0.6) is 34.5 Å². The van der Waals surface area contributed by atoms with E-state index in [0.29, 0.717) is 85.2 Å². The fourth-order valence-electron chi connectivity index (χ4n) is 8.94. The Kier molecular flexibility index (Phi) is 22.7. The van der Waals surface area contributed by atoms with E-state index in [-0.39, 0.29) is 6.54 Å². The van der Waals surface area contributed by atoms with Gasteiger partial charge in [0.1, 0.15) is 59.1 Å². The number of hydrogen-bond acceptors (Lipinski definition) is 15. The van der Waals surface area contributed by atoms with Crippen LogP contribution >= 0.6 is 0 Å². The molecular formula is C65H70N4O14. The summed E-state index contributed by atoms with van der Waals surface area (Å²) in [7, 11) is 4.39. The fraction of sp³-hybridized carbons (Fsp3) is 0.292. The van der Waals surface area contributed by atoms with Crippen LogP contribution in [0.25, 0.3) is 22.9 Å². The highest BCUT2D eigenvalue weighted by molar-refractivity contribution is 5.80. The van der Waals surface area contributed by atoms with Crippen LogP contribution in [0.4, 0.5) is 9.59 Å². The lowest BCUT2D eigenvalue weighted by Gasteiger charge is -2.30. The van der Waals surface area contributed by atoms with Gasteiger partial charge >= 0.3 is 24.1 Å². The van der Waals surface area contributed by atoms with Gasteiger partial charge in [-0.15, -0.1) is 0 Å². The minimum atomic E-state index is -1.13. The maximum absolute atomic E-state index is 13.3. The summed E-state index contributed by atoms with van der Waals surface area (Å²) in [6.45, 7) is 7.85. The first-order valence-electron chi connectivity index (χ1n) is 27.3. The van der Waals surface area contributed by atoms with Gasteiger partial charge in [-0.25, -0.2) is 19.6 Å². The first-order chi connectivity index (χ1) is 40.3. The standard InChI is InChI=1S/C33H36N2O7.C32H34N2O7/c1-5-9-30(35(22-31(36)39-4)33(37)42-28-18-16-26(38-3)17-19-28)24-12-14-27(15-13-24)40-21-20-29-23(2)41-32(34-29)25-10-7-6-8-11-25;1-4-8-29(34(21-30(35)36)32(37)41-27-17-15-25(38-3)16-18-27)23-11-13-26(14-12-23)39-20-19-28-22(2)40-31(33-28)24-9-6-5-7-10-24/h6-8,10-19,30H,5,9,20-22H2,1-4H3;5-7,9-18,29H,4,8,19-21H2,1-3H3,(H,35,36). The van der Waals surface area contributed by atoms with Gasteiger partial charge in [0.05, 0.1) is 58.0 Å². The van der Waals surface area contributed by atoms with E-state index in [1.54, 1.807) is 62.8 Å². The maximum atomic E-state index is 13.3. The normalized spacial score (nSPS) is 11.5. The number of aliphatic carboxylic acids is 1. The number of benzene rings is 6. The Hall–Kier alpha value is -9.58. The van der Waals surface area contributed by atoms with Crippen molar-refractivity contribution in [3.05, 3.63) is 192 Å². The van der Waals surface area contributed by atoms with E-state index >= 15 is 0 Å². The molecule has 6 aromatic carbocycles. The minimum absolute atomic E-state index is 0.254. The third-order valence-electron chi connectivity index (χ3n) is 13.3. The van der Waals surface area contributed by atoms with Gasteiger partial charge in [0.15, 0.2) is 0 Å². The van der Waals surface area contributed by atoms with Crippen LogP contribution in [-0.4, -0.2) is 96.6 Å². The van der Waals surface area contributed by atoms with Crippen LogP contribution < -0.4 is 28.4 Å². The van der Waals surface area contributed by atoms with Crippen LogP contribution in [0.2, 0.25) is 0 Å². The molecule has 8 rings (SSSR count). The average Bonchev–Trinajstić information content (AvgIpc) is 4.23. The molecule has 434 valence electrons. The molecule has 2 atom stereocenters. The first kappa shape index (κ1) is 61.0. The van der Waals surface area contributed by atoms with Crippen molar-refractivity contribution in [2.75, 3.05) is 47.6 Å². The number of rotatable bonds is 26. The van der Waals surface area contributed by atoms with Crippen molar-refractivity contribution >= 4 is 24.1 Å². The van der Waals surface area contributed by atoms with Gasteiger partial charge in [-0.3, -0.25) is 19.4 Å². The summed E-state index contributed by atoms with van der Waals surface area (Å²) in [6.07, 6.45) is 2.45. The predicted octanol–water partition coefficient (Wildman–Crippen LogP) is 13.5. The SMILES string of the molecule is CCCC(c1ccc(OCCc2nc(-c3ccccc3)oc2C)cc1)N(CC(=O)O)C(=O)Oc1ccc(OC)cc1.CCCC(c1ccc(OCCc2nc(-c3ccccc3)oc2C)cc1)N(CC(=O)OC)C(=O)Oc1ccc(OC)cc1. The number of oxazole rings is 2. The Morgan fingerprint density at radius 2 is 0.855 bits per heavy atom. The number of nitrogens with zero attached hydrogens (tertiary/aromatic N) is 4. The Morgan fingerprint density at radius 3 is 1.20 bits per heavy atom. The average molecular weight is 1130 g/mol. The Balaban J connectivity index is 0.000000239. The summed E-state index contributed by atoms with van der Waals surface area (Å²) in [5, 5.41) is 9.55. The molecule has 2 amide bonds. The number of carboxylic acids is 1. The van der Waals surface area contributed by atoms with E-state index in [4.69, 9.17) is 42.0 Å². The molecule has 0 fully saturated rings. The number of methoxy groups -OCH3 is 3. The molecule has 0 bridgehead atoms. The third kappa shape index (κ3) is 17.7. The number of carbonyl (C=O) groups is 4. The molecule has 0 radical (unpaired) electrons. The van der Waals surface area contributed by atoms with Crippen LogP contribution in [0.3, 0.4) is 0 Å². The largest absolute Gasteiger partial charge is 0.497 e. The Labute approximate surface area is 483 Å². The van der Waals surface area contributed by atoms with Crippen molar-refractivity contribution in [3.8, 4) is 57.4 Å². The monoisotopic (exact) mass is 1130 g/mol. The van der Waals surface area contributed by atoms with E-state index < -0.39 is 42.8 Å². The van der Waals surface area contributed by atoms with Gasteiger partial charge in [-0.05, 0) is 135 Å². The molecule has 0 aliphatic heterocycles. The summed E-state index contributed by atoms with van der Waals surface area (Å²) in [5.74, 6) is 4.25. The van der Waals surface area contributed by atoms with E-state index in [1.165, 1.54) is 16.9 Å². The third-order valence-corrected chi connectivity index (χ3v) is 13.3. The van der Waals surface area contributed by atoms with Crippen LogP contribution in [0.15, 0.2) is 167 Å². The van der Waals surface area contributed by atoms with Crippen molar-refractivity contribution in [3.63, 3.8) is 0 Å². The molecule has 0 spiro atoms. The molecule has 18 nitrogen and oxygen atoms in total. The molecule has 83 heavy (non-hydrogen) atoms. The van der Waals surface area contributed by atoms with Crippen molar-refractivity contribution in [1.29, 1.82) is 0 Å². The quantitative estimate of drug-likeness (QED) is 0.0499. The summed E-state index contributed by atoms with van der Waals surface area (Å²) in [5.41, 5.74) is 5.17. The van der Waals surface area contributed by atoms with Crippen molar-refractivity contribution in [2.45, 2.75) is 78.3 Å². The van der Waals surface area contributed by atoms with Gasteiger partial charge in [0.2, 0.25) is 11.8 Å². The maximum Gasteiger partial charge on any atom is 0.416 e. The molecule has 2 heterocycles. The number of carbonyl (C=O) groups excluding carboxylic acids is 3. The summed E-state index contributed by atoms with van der Waals surface area (Å²) < 4.78 is 49.9. The van der Waals surface area contributed by atoms with Gasteiger partial charge in [-0.2, -0.15) is 0 Å². The molecule has 0 saturated carbocycles. The van der Waals surface area contributed by atoms with Crippen molar-refractivity contribution in [2.24, 2.45) is 0 Å². The van der Waals surface area contributed by atoms with Crippen LogP contribution in [-0.2, 0) is 27.2 Å². The zero-order valence-electron chi connectivity index (χ0n) is 47.8. The minimum Gasteiger partial charge on any atom is -0.497 e. The molecular weight excluding hydrogens is 1060 g/mol. The molecule has 0 saturated heterocycles. The highest BCUT2D eigenvalue weighted by Crippen LogP contribution is 2.32. The number of ether oxygens (including phenoxy) is 7. The fourth-order valence-corrected chi connectivity index (χ4v) is 8.94. The number of hydrogen-bond donors (Lipinski definition) is 1. The second-order valence-electron chi connectivity index (χ2n) is 19.0. The van der Waals surface area contributed by atoms with E-state index in [0.717, 1.165) is 58.0 Å². The summed E-state index contributed by atoms with van der Waals surface area (Å²) >= 11 is 0. The lowest BCUT2D eigenvalue weighted by Crippen LogP contribution is -2.41. The van der Waals surface area contributed by atoms with Gasteiger partial charge in [0.25, 0.3) is 0 Å². The van der Waals surface area contributed by atoms with Crippen molar-refractivity contribution < 1.29 is 66.3 Å². The highest BCUT2D eigenvalue weighted by atomic mass is 16.6. The molecule has 1 N–H and O–H groups in total. The Bertz CT molecular complexity index is 3290. The molecule has 2 unspecified atom stereocenters. The summed E-state index contributed by atoms with van der Waals surface area (Å²) in [6, 6.07) is 46.6. The van der Waals surface area contributed by atoms with E-state index in [2.05, 4.69) is 9.97 Å². The predicted molar refractivity (Wildman–Crippen MR) is 311 cm³/mol. The smallest absolute Gasteiger partial charge is 0.416 e. The van der Waals surface area contributed by atoms with Gasteiger partial charge in [-0.1, -0.05) is 87.4 Å². The molecule has 0 aliphatic carbocycles. The number of carboxylic acid groups (broad SMARTS) is 1. The second kappa shape index (κ2) is 30.9. The number of aromatic nitrogens is 2. The molecule has 0 aliphatic rings. The van der Waals surface area contributed by atoms with Gasteiger partial charge in [0, 0.05) is 24.0 Å². The first-order valence-corrected chi connectivity index (χ1v) is 27.3. The van der Waals surface area contributed by atoms with E-state index in [9.17, 15) is 24.3 Å². The lowest BCUT2D eigenvalue weighted by molar-refractivity contribution is -0.142. The van der Waals surface area contributed by atoms with Gasteiger partial charge < -0.3 is 47.1 Å². The van der Waals surface area contributed by atoms with Crippen LogP contribution in [0.1, 0.15) is 85.6 Å². The Morgan fingerprint density at radius 1 is 0.494 bits per heavy atom. The molecule has 8 aromatic rings. The van der Waals surface area contributed by atoms with Crippen LogP contribution in [0, 0.1) is 13.8 Å². The van der Waals surface area contributed by atoms with Crippen molar-refractivity contribution in [1.82, 2.24) is 19.8 Å². The zero-order valence-corrected chi connectivity index (χ0v) is 47.8. The number of esters is 1. The topological polar surface area (TPSA) is 212 Å². The molecule has 2 aromatic heterocycles. The lowest BCUT2D eigenvalue weighted by atomic mass is 10.0. The zero-order chi connectivity index (χ0) is 59.1.